The Hall–Kier alpha value is -1.22. The lowest BCUT2D eigenvalue weighted by Gasteiger charge is -2.11. The number of benzene rings is 1. The predicted molar refractivity (Wildman–Crippen MR) is 109 cm³/mol. The number of hydrogen-bond acceptors (Lipinski definition) is 4. The third-order valence-electron chi connectivity index (χ3n) is 3.06. The second kappa shape index (κ2) is 15.3. The van der Waals surface area contributed by atoms with Crippen molar-refractivity contribution in [2.45, 2.75) is 19.8 Å². The van der Waals surface area contributed by atoms with Crippen LogP contribution in [-0.2, 0) is 4.74 Å². The average Bonchev–Trinajstić information content (AvgIpc) is 2.58. The van der Waals surface area contributed by atoms with Crippen LogP contribution in [0.5, 0.6) is 11.5 Å². The van der Waals surface area contributed by atoms with Gasteiger partial charge in [0, 0.05) is 39.8 Å². The van der Waals surface area contributed by atoms with E-state index >= 15 is 0 Å². The van der Waals surface area contributed by atoms with E-state index in [9.17, 15) is 0 Å². The molecule has 0 radical (unpaired) electrons. The minimum atomic E-state index is 0. The van der Waals surface area contributed by atoms with Crippen molar-refractivity contribution in [1.82, 2.24) is 10.6 Å². The normalized spacial score (nSPS) is 10.7. The number of rotatable bonds is 11. The summed E-state index contributed by atoms with van der Waals surface area (Å²) >= 11 is 0. The average molecular weight is 451 g/mol. The zero-order valence-corrected chi connectivity index (χ0v) is 17.2. The van der Waals surface area contributed by atoms with Crippen molar-refractivity contribution in [3.8, 4) is 11.5 Å². The van der Waals surface area contributed by atoms with Gasteiger partial charge in [-0.3, -0.25) is 4.99 Å². The second-order valence-corrected chi connectivity index (χ2v) is 4.91. The fourth-order valence-corrected chi connectivity index (χ4v) is 1.88. The predicted octanol–water partition coefficient (Wildman–Crippen LogP) is 2.67. The van der Waals surface area contributed by atoms with E-state index in [1.165, 1.54) is 0 Å². The van der Waals surface area contributed by atoms with Crippen LogP contribution in [0.3, 0.4) is 0 Å². The number of halogens is 1. The highest BCUT2D eigenvalue weighted by Crippen LogP contribution is 2.16. The molecule has 0 fully saturated rings. The maximum absolute atomic E-state index is 5.68. The Kier molecular flexibility index (Phi) is 14.5. The number of ether oxygens (including phenoxy) is 3. The molecular formula is C17H30IN3O3. The van der Waals surface area contributed by atoms with E-state index in [1.807, 2.05) is 24.3 Å². The molecule has 0 atom stereocenters. The molecule has 2 N–H and O–H groups in total. The summed E-state index contributed by atoms with van der Waals surface area (Å²) in [7, 11) is 3.36. The summed E-state index contributed by atoms with van der Waals surface area (Å²) < 4.78 is 15.8. The molecule has 0 amide bonds. The molecule has 1 aromatic rings. The monoisotopic (exact) mass is 451 g/mol. The quantitative estimate of drug-likeness (QED) is 0.235. The van der Waals surface area contributed by atoms with Crippen LogP contribution in [0.25, 0.3) is 0 Å². The van der Waals surface area contributed by atoms with Gasteiger partial charge in [-0.15, -0.1) is 24.0 Å². The Labute approximate surface area is 162 Å². The molecule has 0 aliphatic carbocycles. The van der Waals surface area contributed by atoms with Crippen LogP contribution in [-0.4, -0.2) is 53.0 Å². The molecule has 0 aliphatic heterocycles. The number of aliphatic imine (C=N–C) groups is 1. The molecule has 24 heavy (non-hydrogen) atoms. The molecule has 1 rings (SSSR count). The first-order valence-corrected chi connectivity index (χ1v) is 8.08. The van der Waals surface area contributed by atoms with Gasteiger partial charge in [0.05, 0.1) is 13.7 Å². The molecule has 7 heteroatoms. The molecule has 1 aromatic carbocycles. The van der Waals surface area contributed by atoms with Crippen LogP contribution in [0, 0.1) is 0 Å². The summed E-state index contributed by atoms with van der Waals surface area (Å²) in [6.45, 7) is 5.86. The maximum Gasteiger partial charge on any atom is 0.191 e. The summed E-state index contributed by atoms with van der Waals surface area (Å²) in [5.74, 6) is 2.52. The van der Waals surface area contributed by atoms with Crippen molar-refractivity contribution in [3.05, 3.63) is 24.3 Å². The highest BCUT2D eigenvalue weighted by atomic mass is 127. The van der Waals surface area contributed by atoms with Crippen LogP contribution in [0.15, 0.2) is 29.3 Å². The molecule has 0 aromatic heterocycles. The molecule has 0 saturated carbocycles. The summed E-state index contributed by atoms with van der Waals surface area (Å²) in [6, 6.07) is 7.59. The number of methoxy groups -OCH3 is 2. The van der Waals surface area contributed by atoms with Gasteiger partial charge in [-0.25, -0.2) is 0 Å². The van der Waals surface area contributed by atoms with Crippen molar-refractivity contribution >= 4 is 29.9 Å². The van der Waals surface area contributed by atoms with Crippen LogP contribution in [0.1, 0.15) is 19.8 Å². The highest BCUT2D eigenvalue weighted by Gasteiger charge is 1.97. The third kappa shape index (κ3) is 10.5. The summed E-state index contributed by atoms with van der Waals surface area (Å²) in [6.07, 6.45) is 1.82. The minimum absolute atomic E-state index is 0. The van der Waals surface area contributed by atoms with Crippen LogP contribution >= 0.6 is 24.0 Å². The first-order valence-electron chi connectivity index (χ1n) is 8.08. The van der Waals surface area contributed by atoms with E-state index in [2.05, 4.69) is 22.5 Å². The molecule has 0 aliphatic rings. The van der Waals surface area contributed by atoms with E-state index < -0.39 is 0 Å². The van der Waals surface area contributed by atoms with E-state index in [0.29, 0.717) is 6.61 Å². The molecule has 138 valence electrons. The molecule has 0 bridgehead atoms. The van der Waals surface area contributed by atoms with Crippen LogP contribution < -0.4 is 20.1 Å². The Balaban J connectivity index is 0.00000529. The van der Waals surface area contributed by atoms with Gasteiger partial charge in [-0.2, -0.15) is 0 Å². The van der Waals surface area contributed by atoms with E-state index in [4.69, 9.17) is 14.2 Å². The number of guanidine groups is 1. The Morgan fingerprint density at radius 3 is 2.33 bits per heavy atom. The van der Waals surface area contributed by atoms with Gasteiger partial charge in [0.1, 0.15) is 11.5 Å². The molecular weight excluding hydrogens is 421 g/mol. The lowest BCUT2D eigenvalue weighted by atomic mass is 10.3. The van der Waals surface area contributed by atoms with Gasteiger partial charge in [-0.05, 0) is 37.6 Å². The van der Waals surface area contributed by atoms with Gasteiger partial charge in [0.2, 0.25) is 0 Å². The summed E-state index contributed by atoms with van der Waals surface area (Å²) in [5, 5.41) is 6.51. The number of hydrogen-bond donors (Lipinski definition) is 2. The van der Waals surface area contributed by atoms with E-state index in [-0.39, 0.29) is 24.0 Å². The van der Waals surface area contributed by atoms with Crippen LogP contribution in [0.2, 0.25) is 0 Å². The van der Waals surface area contributed by atoms with Gasteiger partial charge in [0.25, 0.3) is 0 Å². The van der Waals surface area contributed by atoms with Gasteiger partial charge in [-0.1, -0.05) is 0 Å². The largest absolute Gasteiger partial charge is 0.497 e. The van der Waals surface area contributed by atoms with Crippen molar-refractivity contribution in [2.24, 2.45) is 4.99 Å². The lowest BCUT2D eigenvalue weighted by Crippen LogP contribution is -2.38. The molecule has 0 heterocycles. The van der Waals surface area contributed by atoms with Gasteiger partial charge >= 0.3 is 0 Å². The van der Waals surface area contributed by atoms with Crippen molar-refractivity contribution < 1.29 is 14.2 Å². The maximum atomic E-state index is 5.68. The molecule has 6 nitrogen and oxygen atoms in total. The van der Waals surface area contributed by atoms with Crippen molar-refractivity contribution in [3.63, 3.8) is 0 Å². The molecule has 0 unspecified atom stereocenters. The summed E-state index contributed by atoms with van der Waals surface area (Å²) in [5.41, 5.74) is 0. The molecule has 0 spiro atoms. The Bertz CT molecular complexity index is 441. The summed E-state index contributed by atoms with van der Waals surface area (Å²) in [4.78, 5) is 4.52. The number of nitrogens with one attached hydrogen (secondary N) is 2. The highest BCUT2D eigenvalue weighted by molar-refractivity contribution is 14.0. The van der Waals surface area contributed by atoms with Crippen molar-refractivity contribution in [1.29, 1.82) is 0 Å². The fraction of sp³-hybridized carbons (Fsp3) is 0.588. The first-order chi connectivity index (χ1) is 11.3. The smallest absolute Gasteiger partial charge is 0.191 e. The second-order valence-electron chi connectivity index (χ2n) is 4.91. The minimum Gasteiger partial charge on any atom is -0.497 e. The van der Waals surface area contributed by atoms with Gasteiger partial charge < -0.3 is 24.8 Å². The van der Waals surface area contributed by atoms with E-state index in [0.717, 1.165) is 56.5 Å². The first kappa shape index (κ1) is 22.8. The standard InChI is InChI=1S/C17H29N3O3.HI/c1-4-18-17(19-11-5-13-21-2)20-12-6-14-23-16-9-7-15(22-3)8-10-16;/h7-10H,4-6,11-14H2,1-3H3,(H2,18,19,20);1H. The van der Waals surface area contributed by atoms with Crippen molar-refractivity contribution in [2.75, 3.05) is 47.1 Å². The SMILES string of the molecule is CCNC(=NCCCOc1ccc(OC)cc1)NCCCOC.I. The van der Waals surface area contributed by atoms with Gasteiger partial charge in [0.15, 0.2) is 5.96 Å². The van der Waals surface area contributed by atoms with E-state index in [1.54, 1.807) is 14.2 Å². The Morgan fingerprint density at radius 2 is 1.71 bits per heavy atom. The van der Waals surface area contributed by atoms with Crippen LogP contribution in [0.4, 0.5) is 0 Å². The topological polar surface area (TPSA) is 64.1 Å². The zero-order valence-electron chi connectivity index (χ0n) is 14.8. The lowest BCUT2D eigenvalue weighted by molar-refractivity contribution is 0.195. The Morgan fingerprint density at radius 1 is 1.00 bits per heavy atom. The fourth-order valence-electron chi connectivity index (χ4n) is 1.88. The molecule has 0 saturated heterocycles. The zero-order chi connectivity index (χ0) is 16.8. The number of nitrogens with zero attached hydrogens (tertiary/aromatic N) is 1. The third-order valence-corrected chi connectivity index (χ3v) is 3.06.